The number of rotatable bonds is 8. The third-order valence-electron chi connectivity index (χ3n) is 3.09. The van der Waals surface area contributed by atoms with Gasteiger partial charge in [0.1, 0.15) is 12.4 Å². The molecule has 0 aliphatic carbocycles. The number of aryl methyl sites for hydroxylation is 2. The van der Waals surface area contributed by atoms with Crippen LogP contribution in [0.5, 0.6) is 5.75 Å². The van der Waals surface area contributed by atoms with E-state index in [1.807, 2.05) is 48.1 Å². The molecule has 0 spiro atoms. The van der Waals surface area contributed by atoms with E-state index in [1.165, 1.54) is 5.56 Å². The summed E-state index contributed by atoms with van der Waals surface area (Å²) in [6.07, 6.45) is 4.49. The maximum absolute atomic E-state index is 11.6. The number of urea groups is 1. The second kappa shape index (κ2) is 8.71. The third kappa shape index (κ3) is 5.87. The molecule has 0 aliphatic rings. The number of carbonyl (C=O) groups excluding carboxylic acids is 1. The van der Waals surface area contributed by atoms with E-state index < -0.39 is 0 Å². The van der Waals surface area contributed by atoms with E-state index in [2.05, 4.69) is 15.7 Å². The van der Waals surface area contributed by atoms with E-state index in [0.29, 0.717) is 19.7 Å². The summed E-state index contributed by atoms with van der Waals surface area (Å²) in [5.74, 6) is 0.812. The van der Waals surface area contributed by atoms with E-state index in [4.69, 9.17) is 4.74 Å². The van der Waals surface area contributed by atoms with Gasteiger partial charge in [-0.15, -0.1) is 0 Å². The topological polar surface area (TPSA) is 68.2 Å². The second-order valence-corrected chi connectivity index (χ2v) is 4.97. The van der Waals surface area contributed by atoms with Crippen molar-refractivity contribution in [2.75, 3.05) is 19.7 Å². The SMILES string of the molecule is Cc1ccc(OCCNC(=O)NCCCn2cccn2)cc1. The summed E-state index contributed by atoms with van der Waals surface area (Å²) < 4.78 is 7.37. The molecule has 2 aromatic rings. The average Bonchev–Trinajstić information content (AvgIpc) is 3.03. The largest absolute Gasteiger partial charge is 0.492 e. The number of nitrogens with one attached hydrogen (secondary N) is 2. The third-order valence-corrected chi connectivity index (χ3v) is 3.09. The molecule has 1 heterocycles. The highest BCUT2D eigenvalue weighted by atomic mass is 16.5. The molecule has 0 atom stereocenters. The minimum Gasteiger partial charge on any atom is -0.492 e. The smallest absolute Gasteiger partial charge is 0.314 e. The summed E-state index contributed by atoms with van der Waals surface area (Å²) in [6, 6.07) is 9.54. The molecule has 0 aliphatic heterocycles. The molecule has 0 radical (unpaired) electrons. The molecule has 2 amide bonds. The van der Waals surface area contributed by atoms with Crippen molar-refractivity contribution in [3.8, 4) is 5.75 Å². The van der Waals surface area contributed by atoms with Gasteiger partial charge in [-0.05, 0) is 31.5 Å². The van der Waals surface area contributed by atoms with Gasteiger partial charge in [-0.1, -0.05) is 17.7 Å². The van der Waals surface area contributed by atoms with E-state index in [9.17, 15) is 4.79 Å². The van der Waals surface area contributed by atoms with Crippen LogP contribution in [0.2, 0.25) is 0 Å². The number of hydrogen-bond donors (Lipinski definition) is 2. The fourth-order valence-corrected chi connectivity index (χ4v) is 1.91. The summed E-state index contributed by atoms with van der Waals surface area (Å²) in [5.41, 5.74) is 1.19. The first-order chi connectivity index (χ1) is 10.7. The molecule has 0 saturated heterocycles. The van der Waals surface area contributed by atoms with E-state index in [-0.39, 0.29) is 6.03 Å². The second-order valence-electron chi connectivity index (χ2n) is 4.97. The molecule has 118 valence electrons. The summed E-state index contributed by atoms with van der Waals surface area (Å²) in [4.78, 5) is 11.6. The van der Waals surface area contributed by atoms with Crippen LogP contribution in [0.4, 0.5) is 4.79 Å². The van der Waals surface area contributed by atoms with Crippen LogP contribution < -0.4 is 15.4 Å². The summed E-state index contributed by atoms with van der Waals surface area (Å²) in [7, 11) is 0. The van der Waals surface area contributed by atoms with Gasteiger partial charge in [0, 0.05) is 25.5 Å². The van der Waals surface area contributed by atoms with Crippen molar-refractivity contribution in [2.24, 2.45) is 0 Å². The van der Waals surface area contributed by atoms with Crippen molar-refractivity contribution >= 4 is 6.03 Å². The first-order valence-corrected chi connectivity index (χ1v) is 7.42. The molecule has 0 unspecified atom stereocenters. The fourth-order valence-electron chi connectivity index (χ4n) is 1.91. The van der Waals surface area contributed by atoms with Gasteiger partial charge in [-0.2, -0.15) is 5.10 Å². The van der Waals surface area contributed by atoms with Gasteiger partial charge in [0.25, 0.3) is 0 Å². The highest BCUT2D eigenvalue weighted by Gasteiger charge is 1.99. The zero-order valence-corrected chi connectivity index (χ0v) is 12.8. The first kappa shape index (κ1) is 15.9. The number of aromatic nitrogens is 2. The van der Waals surface area contributed by atoms with Gasteiger partial charge in [-0.25, -0.2) is 4.79 Å². The molecule has 1 aromatic heterocycles. The van der Waals surface area contributed by atoms with Crippen LogP contribution >= 0.6 is 0 Å². The summed E-state index contributed by atoms with van der Waals surface area (Å²) in [5, 5.41) is 9.66. The molecule has 1 aromatic carbocycles. The molecule has 0 bridgehead atoms. The molecule has 2 N–H and O–H groups in total. The quantitative estimate of drug-likeness (QED) is 0.732. The van der Waals surface area contributed by atoms with Gasteiger partial charge in [0.05, 0.1) is 6.54 Å². The van der Waals surface area contributed by atoms with E-state index >= 15 is 0 Å². The molecular formula is C16H22N4O2. The predicted octanol–water partition coefficient (Wildman–Crippen LogP) is 1.96. The summed E-state index contributed by atoms with van der Waals surface area (Å²) >= 11 is 0. The molecule has 6 nitrogen and oxygen atoms in total. The Morgan fingerprint density at radius 2 is 2.00 bits per heavy atom. The Morgan fingerprint density at radius 1 is 1.23 bits per heavy atom. The Kier molecular flexibility index (Phi) is 6.29. The van der Waals surface area contributed by atoms with Crippen LogP contribution in [0.1, 0.15) is 12.0 Å². The van der Waals surface area contributed by atoms with Gasteiger partial charge in [0.15, 0.2) is 0 Å². The zero-order chi connectivity index (χ0) is 15.6. The summed E-state index contributed by atoms with van der Waals surface area (Å²) in [6.45, 7) is 4.36. The van der Waals surface area contributed by atoms with Crippen LogP contribution in [0.15, 0.2) is 42.7 Å². The lowest BCUT2D eigenvalue weighted by Gasteiger charge is -2.09. The number of benzene rings is 1. The van der Waals surface area contributed by atoms with Crippen LogP contribution in [0, 0.1) is 6.92 Å². The Morgan fingerprint density at radius 3 is 2.73 bits per heavy atom. The standard InChI is InChI=1S/C16H22N4O2/c1-14-4-6-15(7-5-14)22-13-10-18-16(21)17-8-2-11-20-12-3-9-19-20/h3-7,9,12H,2,8,10-11,13H2,1H3,(H2,17,18,21). The van der Waals surface area contributed by atoms with Crippen molar-refractivity contribution in [3.05, 3.63) is 48.3 Å². The molecule has 6 heteroatoms. The lowest BCUT2D eigenvalue weighted by atomic mass is 10.2. The normalized spacial score (nSPS) is 10.2. The number of hydrogen-bond acceptors (Lipinski definition) is 3. The number of ether oxygens (including phenoxy) is 1. The molecule has 0 fully saturated rings. The Hall–Kier alpha value is -2.50. The van der Waals surface area contributed by atoms with Crippen molar-refractivity contribution in [1.82, 2.24) is 20.4 Å². The fraction of sp³-hybridized carbons (Fsp3) is 0.375. The highest BCUT2D eigenvalue weighted by molar-refractivity contribution is 5.73. The molecule has 0 saturated carbocycles. The molecule has 2 rings (SSSR count). The van der Waals surface area contributed by atoms with Crippen molar-refractivity contribution in [2.45, 2.75) is 19.9 Å². The van der Waals surface area contributed by atoms with Gasteiger partial charge < -0.3 is 15.4 Å². The maximum Gasteiger partial charge on any atom is 0.314 e. The molecular weight excluding hydrogens is 280 g/mol. The van der Waals surface area contributed by atoms with Gasteiger partial charge in [-0.3, -0.25) is 4.68 Å². The van der Waals surface area contributed by atoms with Crippen molar-refractivity contribution in [1.29, 1.82) is 0 Å². The van der Waals surface area contributed by atoms with Crippen molar-refractivity contribution < 1.29 is 9.53 Å². The monoisotopic (exact) mass is 302 g/mol. The minimum atomic E-state index is -0.173. The average molecular weight is 302 g/mol. The van der Waals surface area contributed by atoms with Crippen molar-refractivity contribution in [3.63, 3.8) is 0 Å². The number of amides is 2. The molecule has 22 heavy (non-hydrogen) atoms. The van der Waals surface area contributed by atoms with Crippen LogP contribution in [-0.4, -0.2) is 35.5 Å². The van der Waals surface area contributed by atoms with Crippen LogP contribution in [0.25, 0.3) is 0 Å². The first-order valence-electron chi connectivity index (χ1n) is 7.42. The maximum atomic E-state index is 11.6. The lowest BCUT2D eigenvalue weighted by molar-refractivity contribution is 0.236. The Balaban J connectivity index is 1.49. The number of nitrogens with zero attached hydrogens (tertiary/aromatic N) is 2. The minimum absolute atomic E-state index is 0.173. The Labute approximate surface area is 130 Å². The van der Waals surface area contributed by atoms with E-state index in [0.717, 1.165) is 18.7 Å². The van der Waals surface area contributed by atoms with E-state index in [1.54, 1.807) is 6.20 Å². The number of carbonyl (C=O) groups is 1. The van der Waals surface area contributed by atoms with Gasteiger partial charge in [0.2, 0.25) is 0 Å². The van der Waals surface area contributed by atoms with Crippen LogP contribution in [-0.2, 0) is 6.54 Å². The lowest BCUT2D eigenvalue weighted by Crippen LogP contribution is -2.38. The zero-order valence-electron chi connectivity index (χ0n) is 12.8. The highest BCUT2D eigenvalue weighted by Crippen LogP contribution is 2.10. The predicted molar refractivity (Wildman–Crippen MR) is 84.9 cm³/mol. The van der Waals surface area contributed by atoms with Gasteiger partial charge >= 0.3 is 6.03 Å². The Bertz CT molecular complexity index is 552. The van der Waals surface area contributed by atoms with Crippen LogP contribution in [0.3, 0.4) is 0 Å².